The summed E-state index contributed by atoms with van der Waals surface area (Å²) in [5.74, 6) is 0. The molecule has 0 unspecified atom stereocenters. The van der Waals surface area contributed by atoms with Gasteiger partial charge < -0.3 is 0 Å². The highest BCUT2D eigenvalue weighted by atomic mass is 32.2. The van der Waals surface area contributed by atoms with Crippen molar-refractivity contribution in [2.75, 3.05) is 0 Å². The zero-order valence-electron chi connectivity index (χ0n) is 6.17. The van der Waals surface area contributed by atoms with E-state index < -0.39 is 15.4 Å². The molecular weight excluding hydrogens is 196 g/mol. The fraction of sp³-hybridized carbons (Fsp3) is 0.143. The third-order valence-corrected chi connectivity index (χ3v) is 3.55. The lowest BCUT2D eigenvalue weighted by atomic mass is 10.3. The molecule has 0 aromatic carbocycles. The fourth-order valence-electron chi connectivity index (χ4n) is 0.838. The summed E-state index contributed by atoms with van der Waals surface area (Å²) in [5.41, 5.74) is 0. The van der Waals surface area contributed by atoms with E-state index >= 15 is 0 Å². The summed E-state index contributed by atoms with van der Waals surface area (Å²) >= 11 is 1.27. The van der Waals surface area contributed by atoms with E-state index in [2.05, 4.69) is 6.58 Å². The quantitative estimate of drug-likeness (QED) is 0.604. The minimum absolute atomic E-state index is 0.576. The van der Waals surface area contributed by atoms with Crippen LogP contribution in [0.15, 0.2) is 30.2 Å². The van der Waals surface area contributed by atoms with Crippen molar-refractivity contribution >= 4 is 21.5 Å². The Morgan fingerprint density at radius 2 is 2.33 bits per heavy atom. The third kappa shape index (κ3) is 1.94. The molecular formula is C7H8O3S2. The van der Waals surface area contributed by atoms with Gasteiger partial charge in [0, 0.05) is 4.88 Å². The van der Waals surface area contributed by atoms with Gasteiger partial charge in [-0.25, -0.2) is 0 Å². The van der Waals surface area contributed by atoms with Crippen molar-refractivity contribution in [3.63, 3.8) is 0 Å². The molecule has 1 atom stereocenters. The van der Waals surface area contributed by atoms with Gasteiger partial charge in [-0.3, -0.25) is 4.55 Å². The molecule has 0 bridgehead atoms. The summed E-state index contributed by atoms with van der Waals surface area (Å²) in [7, 11) is -4.05. The average Bonchev–Trinajstić information content (AvgIpc) is 2.38. The molecule has 5 heteroatoms. The highest BCUT2D eigenvalue weighted by Gasteiger charge is 2.21. The highest BCUT2D eigenvalue weighted by molar-refractivity contribution is 7.86. The van der Waals surface area contributed by atoms with E-state index in [0.717, 1.165) is 0 Å². The first-order chi connectivity index (χ1) is 5.55. The Morgan fingerprint density at radius 3 is 2.67 bits per heavy atom. The Balaban J connectivity index is 3.08. The van der Waals surface area contributed by atoms with Gasteiger partial charge in [-0.1, -0.05) is 12.1 Å². The molecule has 0 fully saturated rings. The van der Waals surface area contributed by atoms with Crippen LogP contribution in [0, 0.1) is 0 Å². The molecule has 0 amide bonds. The van der Waals surface area contributed by atoms with Crippen molar-refractivity contribution in [2.24, 2.45) is 0 Å². The fourth-order valence-corrected chi connectivity index (χ4v) is 2.69. The predicted octanol–water partition coefficient (Wildman–Crippen LogP) is 1.86. The lowest BCUT2D eigenvalue weighted by molar-refractivity contribution is 0.477. The minimum atomic E-state index is -4.05. The average molecular weight is 204 g/mol. The maximum absolute atomic E-state index is 10.8. The zero-order valence-corrected chi connectivity index (χ0v) is 7.81. The number of rotatable bonds is 3. The van der Waals surface area contributed by atoms with Crippen molar-refractivity contribution in [3.05, 3.63) is 35.0 Å². The lowest BCUT2D eigenvalue weighted by Crippen LogP contribution is -2.07. The van der Waals surface area contributed by atoms with Gasteiger partial charge >= 0.3 is 0 Å². The van der Waals surface area contributed by atoms with Crippen LogP contribution in [0.5, 0.6) is 0 Å². The van der Waals surface area contributed by atoms with E-state index in [9.17, 15) is 8.42 Å². The van der Waals surface area contributed by atoms with Gasteiger partial charge in [-0.2, -0.15) is 8.42 Å². The molecule has 1 aromatic heterocycles. The van der Waals surface area contributed by atoms with Gasteiger partial charge in [-0.05, 0) is 11.4 Å². The lowest BCUT2D eigenvalue weighted by Gasteiger charge is -2.04. The van der Waals surface area contributed by atoms with Crippen molar-refractivity contribution in [2.45, 2.75) is 5.25 Å². The summed E-state index contributed by atoms with van der Waals surface area (Å²) in [4.78, 5) is 0.576. The van der Waals surface area contributed by atoms with Crippen LogP contribution in [0.25, 0.3) is 0 Å². The van der Waals surface area contributed by atoms with Gasteiger partial charge in [0.2, 0.25) is 0 Å². The second-order valence-corrected chi connectivity index (χ2v) is 4.70. The number of thiophene rings is 1. The van der Waals surface area contributed by atoms with E-state index in [1.165, 1.54) is 17.4 Å². The standard InChI is InChI=1S/C7H8O3S2/c1-2-7(12(8,9)10)6-4-3-5-11-6/h2-5,7H,1H2,(H,8,9,10)/t7-/m0/s1. The molecule has 0 aliphatic carbocycles. The van der Waals surface area contributed by atoms with Crippen LogP contribution in [0.3, 0.4) is 0 Å². The molecule has 12 heavy (non-hydrogen) atoms. The Bertz CT molecular complexity index is 350. The highest BCUT2D eigenvalue weighted by Crippen LogP contribution is 2.26. The molecule has 3 nitrogen and oxygen atoms in total. The Morgan fingerprint density at radius 1 is 1.67 bits per heavy atom. The molecule has 0 saturated heterocycles. The Kier molecular flexibility index (Phi) is 2.66. The van der Waals surface area contributed by atoms with E-state index in [1.54, 1.807) is 17.5 Å². The Labute approximate surface area is 75.1 Å². The molecule has 0 aliphatic heterocycles. The van der Waals surface area contributed by atoms with Crippen molar-refractivity contribution in [1.82, 2.24) is 0 Å². The van der Waals surface area contributed by atoms with Crippen molar-refractivity contribution < 1.29 is 13.0 Å². The second kappa shape index (κ2) is 3.38. The normalized spacial score (nSPS) is 14.1. The first-order valence-corrected chi connectivity index (χ1v) is 5.56. The molecule has 1 rings (SSSR count). The monoisotopic (exact) mass is 204 g/mol. The largest absolute Gasteiger partial charge is 0.285 e. The van der Waals surface area contributed by atoms with Crippen LogP contribution in [-0.4, -0.2) is 13.0 Å². The molecule has 1 heterocycles. The van der Waals surface area contributed by atoms with Gasteiger partial charge in [0.1, 0.15) is 5.25 Å². The molecule has 0 radical (unpaired) electrons. The van der Waals surface area contributed by atoms with Gasteiger partial charge in [0.25, 0.3) is 10.1 Å². The van der Waals surface area contributed by atoms with E-state index in [0.29, 0.717) is 4.88 Å². The molecule has 0 aliphatic rings. The zero-order chi connectivity index (χ0) is 9.19. The molecule has 1 aromatic rings. The summed E-state index contributed by atoms with van der Waals surface area (Å²) < 4.78 is 30.3. The van der Waals surface area contributed by atoms with E-state index in [4.69, 9.17) is 4.55 Å². The van der Waals surface area contributed by atoms with Crippen LogP contribution < -0.4 is 0 Å². The smallest absolute Gasteiger partial charge is 0.276 e. The van der Waals surface area contributed by atoms with Gasteiger partial charge in [-0.15, -0.1) is 17.9 Å². The SMILES string of the molecule is C=C[C@@H](c1cccs1)S(=O)(=O)O. The van der Waals surface area contributed by atoms with Crippen LogP contribution in [0.1, 0.15) is 10.1 Å². The maximum atomic E-state index is 10.8. The number of hydrogen-bond acceptors (Lipinski definition) is 3. The first-order valence-electron chi connectivity index (χ1n) is 3.18. The van der Waals surface area contributed by atoms with Gasteiger partial charge in [0.15, 0.2) is 0 Å². The van der Waals surface area contributed by atoms with Crippen molar-refractivity contribution in [1.29, 1.82) is 0 Å². The third-order valence-electron chi connectivity index (χ3n) is 1.36. The number of hydrogen-bond donors (Lipinski definition) is 1. The Hall–Kier alpha value is -0.650. The van der Waals surface area contributed by atoms with Crippen molar-refractivity contribution in [3.8, 4) is 0 Å². The molecule has 66 valence electrons. The van der Waals surface area contributed by atoms with Crippen LogP contribution in [-0.2, 0) is 10.1 Å². The molecule has 0 spiro atoms. The second-order valence-electron chi connectivity index (χ2n) is 2.19. The summed E-state index contributed by atoms with van der Waals surface area (Å²) in [6.45, 7) is 3.35. The minimum Gasteiger partial charge on any atom is -0.285 e. The van der Waals surface area contributed by atoms with Gasteiger partial charge in [0.05, 0.1) is 0 Å². The molecule has 1 N–H and O–H groups in total. The van der Waals surface area contributed by atoms with Crippen LogP contribution >= 0.6 is 11.3 Å². The van der Waals surface area contributed by atoms with E-state index in [-0.39, 0.29) is 0 Å². The molecule has 0 saturated carbocycles. The topological polar surface area (TPSA) is 54.4 Å². The van der Waals surface area contributed by atoms with E-state index in [1.807, 2.05) is 0 Å². The first kappa shape index (κ1) is 9.44. The van der Waals surface area contributed by atoms with Crippen LogP contribution in [0.4, 0.5) is 0 Å². The predicted molar refractivity (Wildman–Crippen MR) is 48.8 cm³/mol. The summed E-state index contributed by atoms with van der Waals surface area (Å²) in [5, 5.41) is 0.759. The summed E-state index contributed by atoms with van der Waals surface area (Å²) in [6.07, 6.45) is 1.21. The van der Waals surface area contributed by atoms with Crippen LogP contribution in [0.2, 0.25) is 0 Å². The maximum Gasteiger partial charge on any atom is 0.276 e. The summed E-state index contributed by atoms with van der Waals surface area (Å²) in [6, 6.07) is 3.37.